The zero-order valence-corrected chi connectivity index (χ0v) is 11.1. The van der Waals surface area contributed by atoms with E-state index in [2.05, 4.69) is 10.2 Å². The minimum Gasteiger partial charge on any atom is -0.378 e. The van der Waals surface area contributed by atoms with Crippen LogP contribution in [-0.4, -0.2) is 19.6 Å². The fourth-order valence-electron chi connectivity index (χ4n) is 1.13. The lowest BCUT2D eigenvalue weighted by molar-refractivity contribution is 0.583. The van der Waals surface area contributed by atoms with Gasteiger partial charge in [-0.15, -0.1) is 0 Å². The van der Waals surface area contributed by atoms with E-state index in [1.807, 2.05) is 61.5 Å². The van der Waals surface area contributed by atoms with Gasteiger partial charge in [-0.2, -0.15) is 0 Å². The van der Waals surface area contributed by atoms with E-state index in [1.165, 1.54) is 0 Å². The van der Waals surface area contributed by atoms with Crippen LogP contribution in [0.2, 0.25) is 0 Å². The Morgan fingerprint density at radius 3 is 1.88 bits per heavy atom. The quantitative estimate of drug-likeness (QED) is 0.684. The molecule has 0 aromatic heterocycles. The summed E-state index contributed by atoms with van der Waals surface area (Å²) in [6, 6.07) is 17.6. The molecule has 0 amide bonds. The fraction of sp³-hybridized carbons (Fsp3) is 0.0769. The van der Waals surface area contributed by atoms with Gasteiger partial charge in [-0.05, 0) is 12.5 Å². The van der Waals surface area contributed by atoms with Gasteiger partial charge in [0.2, 0.25) is 0 Å². The van der Waals surface area contributed by atoms with E-state index in [4.69, 9.17) is 0 Å². The molecule has 0 N–H and O–H groups in total. The topological polar surface area (TPSA) is 17.1 Å². The van der Waals surface area contributed by atoms with Crippen LogP contribution in [0.15, 0.2) is 54.6 Å². The molecule has 2 rings (SSSR count). The number of benzene rings is 2. The number of hydrogen-bond donors (Lipinski definition) is 0. The molecule has 16 heavy (non-hydrogen) atoms. The summed E-state index contributed by atoms with van der Waals surface area (Å²) in [6.45, 7) is 1.96. The number of rotatable bonds is 1. The van der Waals surface area contributed by atoms with Gasteiger partial charge < -0.3 is 4.46 Å². The predicted molar refractivity (Wildman–Crippen MR) is 69.1 cm³/mol. The number of hydrogen-bond acceptors (Lipinski definition) is 1. The van der Waals surface area contributed by atoms with Gasteiger partial charge in [0.1, 0.15) is 0 Å². The normalized spacial score (nSPS) is 8.88. The Balaban J connectivity index is 0.000000165. The second kappa shape index (κ2) is 7.03. The first kappa shape index (κ1) is 12.7. The SMILES string of the molecule is Cc1ccccc1[Si]=O.[Si]c1ccccc1. The van der Waals surface area contributed by atoms with Crippen LogP contribution in [0.1, 0.15) is 5.56 Å². The molecule has 1 nitrogen and oxygen atoms in total. The van der Waals surface area contributed by atoms with Crippen molar-refractivity contribution < 1.29 is 4.46 Å². The second-order valence-electron chi connectivity index (χ2n) is 3.28. The van der Waals surface area contributed by atoms with Gasteiger partial charge in [0.05, 0.1) is 10.2 Å². The molecule has 0 atom stereocenters. The highest BCUT2D eigenvalue weighted by molar-refractivity contribution is 6.39. The van der Waals surface area contributed by atoms with E-state index in [-0.39, 0.29) is 9.41 Å². The Kier molecular flexibility index (Phi) is 5.60. The molecule has 0 spiro atoms. The zero-order valence-electron chi connectivity index (χ0n) is 9.10. The summed E-state index contributed by atoms with van der Waals surface area (Å²) < 4.78 is 10.4. The third-order valence-corrected chi connectivity index (χ3v) is 3.14. The summed E-state index contributed by atoms with van der Waals surface area (Å²) >= 11 is 0. The maximum Gasteiger partial charge on any atom is 0.365 e. The molecule has 2 aromatic rings. The largest absolute Gasteiger partial charge is 0.378 e. The van der Waals surface area contributed by atoms with Crippen molar-refractivity contribution in [3.8, 4) is 0 Å². The Bertz CT molecular complexity index is 441. The van der Waals surface area contributed by atoms with E-state index in [0.29, 0.717) is 0 Å². The monoisotopic (exact) mass is 240 g/mol. The summed E-state index contributed by atoms with van der Waals surface area (Å²) in [5, 5.41) is 2.06. The fourth-order valence-corrected chi connectivity index (χ4v) is 1.73. The van der Waals surface area contributed by atoms with Crippen molar-refractivity contribution in [3.05, 3.63) is 60.2 Å². The Morgan fingerprint density at radius 2 is 1.50 bits per heavy atom. The van der Waals surface area contributed by atoms with Gasteiger partial charge in [-0.25, -0.2) is 0 Å². The molecular formula is C13H12OSi2. The highest BCUT2D eigenvalue weighted by Gasteiger charge is 1.92. The van der Waals surface area contributed by atoms with Gasteiger partial charge in [0.25, 0.3) is 0 Å². The van der Waals surface area contributed by atoms with Crippen LogP contribution in [0.4, 0.5) is 0 Å². The van der Waals surface area contributed by atoms with Gasteiger partial charge in [0, 0.05) is 5.19 Å². The molecule has 0 saturated heterocycles. The van der Waals surface area contributed by atoms with Crippen molar-refractivity contribution in [2.45, 2.75) is 6.92 Å². The molecule has 0 aliphatic carbocycles. The molecule has 0 saturated carbocycles. The van der Waals surface area contributed by atoms with Crippen LogP contribution in [0.25, 0.3) is 0 Å². The van der Waals surface area contributed by atoms with Gasteiger partial charge >= 0.3 is 9.41 Å². The van der Waals surface area contributed by atoms with E-state index in [0.717, 1.165) is 15.9 Å². The van der Waals surface area contributed by atoms with Crippen LogP contribution in [0.3, 0.4) is 0 Å². The minimum absolute atomic E-state index is 0.321. The number of aryl methyl sites for hydroxylation is 1. The molecule has 78 valence electrons. The predicted octanol–water partition coefficient (Wildman–Crippen LogP) is 1.15. The van der Waals surface area contributed by atoms with Crippen molar-refractivity contribution in [1.29, 1.82) is 0 Å². The Labute approximate surface area is 102 Å². The van der Waals surface area contributed by atoms with Crippen LogP contribution in [-0.2, 0) is 4.46 Å². The lowest BCUT2D eigenvalue weighted by atomic mass is 10.2. The molecule has 3 heteroatoms. The lowest BCUT2D eigenvalue weighted by Crippen LogP contribution is -2.08. The van der Waals surface area contributed by atoms with Crippen molar-refractivity contribution in [2.24, 2.45) is 0 Å². The molecule has 2 aromatic carbocycles. The Morgan fingerprint density at radius 1 is 0.938 bits per heavy atom. The van der Waals surface area contributed by atoms with Crippen LogP contribution in [0, 0.1) is 6.92 Å². The molecule has 0 unspecified atom stereocenters. The van der Waals surface area contributed by atoms with Crippen molar-refractivity contribution in [1.82, 2.24) is 0 Å². The molecule has 0 fully saturated rings. The molecule has 0 aliphatic rings. The summed E-state index contributed by atoms with van der Waals surface area (Å²) in [7, 11) is 3.04. The van der Waals surface area contributed by atoms with Gasteiger partial charge in [-0.3, -0.25) is 0 Å². The van der Waals surface area contributed by atoms with E-state index in [1.54, 1.807) is 0 Å². The van der Waals surface area contributed by atoms with Gasteiger partial charge in [-0.1, -0.05) is 59.8 Å². The standard InChI is InChI=1S/C7H7OSi.C6H5Si/c1-6-4-2-3-5-7(6)9-8;7-6-4-2-1-3-5-6/h2-5H,1H3;1-5H. The summed E-state index contributed by atoms with van der Waals surface area (Å²) in [4.78, 5) is 0. The maximum atomic E-state index is 10.4. The first-order valence-electron chi connectivity index (χ1n) is 4.94. The maximum absolute atomic E-state index is 10.4. The molecule has 4 radical (unpaired) electrons. The van der Waals surface area contributed by atoms with Crippen molar-refractivity contribution in [2.75, 3.05) is 0 Å². The van der Waals surface area contributed by atoms with E-state index in [9.17, 15) is 4.46 Å². The van der Waals surface area contributed by atoms with E-state index >= 15 is 0 Å². The summed E-state index contributed by atoms with van der Waals surface area (Å²) in [6.07, 6.45) is 0. The smallest absolute Gasteiger partial charge is 0.365 e. The molecule has 0 bridgehead atoms. The lowest BCUT2D eigenvalue weighted by Gasteiger charge is -1.91. The highest BCUT2D eigenvalue weighted by Crippen LogP contribution is 1.89. The minimum atomic E-state index is -0.321. The van der Waals surface area contributed by atoms with Crippen LogP contribution in [0.5, 0.6) is 0 Å². The average Bonchev–Trinajstić information content (AvgIpc) is 2.31. The summed E-state index contributed by atoms with van der Waals surface area (Å²) in [5.74, 6) is 0. The first-order chi connectivity index (χ1) is 7.74. The van der Waals surface area contributed by atoms with Gasteiger partial charge in [0.15, 0.2) is 0 Å². The average molecular weight is 240 g/mol. The zero-order chi connectivity index (χ0) is 11.8. The second-order valence-corrected chi connectivity index (χ2v) is 4.60. The first-order valence-corrected chi connectivity index (χ1v) is 6.35. The van der Waals surface area contributed by atoms with Crippen LogP contribution < -0.4 is 10.4 Å². The highest BCUT2D eigenvalue weighted by atomic mass is 28.2. The molecule has 0 aliphatic heterocycles. The molecular weight excluding hydrogens is 228 g/mol. The third kappa shape index (κ3) is 4.46. The molecule has 0 heterocycles. The van der Waals surface area contributed by atoms with Crippen molar-refractivity contribution in [3.63, 3.8) is 0 Å². The summed E-state index contributed by atoms with van der Waals surface area (Å²) in [5.41, 5.74) is 1.10. The van der Waals surface area contributed by atoms with Crippen LogP contribution >= 0.6 is 0 Å². The Hall–Kier alpha value is -1.33. The third-order valence-electron chi connectivity index (χ3n) is 2.03. The van der Waals surface area contributed by atoms with E-state index < -0.39 is 0 Å². The van der Waals surface area contributed by atoms with Crippen molar-refractivity contribution >= 4 is 30.0 Å².